The molecule has 0 spiro atoms. The molecular formula is C24H24N2O5. The van der Waals surface area contributed by atoms with E-state index in [1.807, 2.05) is 42.2 Å². The Balaban J connectivity index is 1.67. The lowest BCUT2D eigenvalue weighted by atomic mass is 10.0. The first-order valence-electron chi connectivity index (χ1n) is 10.4. The summed E-state index contributed by atoms with van der Waals surface area (Å²) >= 11 is 0. The van der Waals surface area contributed by atoms with Crippen molar-refractivity contribution in [2.45, 2.75) is 13.3 Å². The zero-order valence-electron chi connectivity index (χ0n) is 17.4. The molecule has 4 rings (SSSR count). The number of imide groups is 1. The van der Waals surface area contributed by atoms with E-state index in [2.05, 4.69) is 0 Å². The molecule has 0 bridgehead atoms. The average Bonchev–Trinajstić information content (AvgIpc) is 3.08. The molecule has 0 saturated carbocycles. The summed E-state index contributed by atoms with van der Waals surface area (Å²) in [7, 11) is 0. The van der Waals surface area contributed by atoms with Crippen LogP contribution in [0.25, 0.3) is 5.57 Å². The number of carbonyl (C=O) groups is 3. The van der Waals surface area contributed by atoms with E-state index in [0.29, 0.717) is 61.0 Å². The van der Waals surface area contributed by atoms with Gasteiger partial charge in [0.2, 0.25) is 0 Å². The van der Waals surface area contributed by atoms with Gasteiger partial charge in [-0.05, 0) is 36.2 Å². The fraction of sp³-hybridized carbons (Fsp3) is 0.292. The monoisotopic (exact) mass is 420 g/mol. The van der Waals surface area contributed by atoms with E-state index in [0.717, 1.165) is 6.42 Å². The number of amides is 2. The maximum atomic E-state index is 13.4. The van der Waals surface area contributed by atoms with Crippen molar-refractivity contribution >= 4 is 29.0 Å². The number of carbonyl (C=O) groups excluding carboxylic acids is 3. The second-order valence-corrected chi connectivity index (χ2v) is 7.32. The first kappa shape index (κ1) is 20.8. The van der Waals surface area contributed by atoms with Crippen molar-refractivity contribution in [2.24, 2.45) is 0 Å². The quantitative estimate of drug-likeness (QED) is 0.528. The van der Waals surface area contributed by atoms with Gasteiger partial charge in [0.15, 0.2) is 0 Å². The highest BCUT2D eigenvalue weighted by Gasteiger charge is 2.42. The molecule has 160 valence electrons. The van der Waals surface area contributed by atoms with Gasteiger partial charge < -0.3 is 14.4 Å². The van der Waals surface area contributed by atoms with Crippen LogP contribution in [0.2, 0.25) is 0 Å². The van der Waals surface area contributed by atoms with E-state index in [1.54, 1.807) is 24.3 Å². The minimum Gasteiger partial charge on any atom is -0.462 e. The van der Waals surface area contributed by atoms with Crippen molar-refractivity contribution in [3.05, 3.63) is 71.4 Å². The number of esters is 1. The van der Waals surface area contributed by atoms with Gasteiger partial charge in [-0.2, -0.15) is 0 Å². The maximum absolute atomic E-state index is 13.4. The Morgan fingerprint density at radius 2 is 1.65 bits per heavy atom. The number of ether oxygens (including phenoxy) is 2. The minimum absolute atomic E-state index is 0.344. The lowest BCUT2D eigenvalue weighted by molar-refractivity contribution is -0.121. The molecule has 2 aromatic rings. The number of nitrogens with zero attached hydrogens (tertiary/aromatic N) is 2. The maximum Gasteiger partial charge on any atom is 0.338 e. The van der Waals surface area contributed by atoms with Crippen molar-refractivity contribution in [3.8, 4) is 0 Å². The predicted molar refractivity (Wildman–Crippen MR) is 115 cm³/mol. The fourth-order valence-electron chi connectivity index (χ4n) is 3.72. The van der Waals surface area contributed by atoms with Crippen LogP contribution in [0, 0.1) is 0 Å². The molecule has 7 heteroatoms. The normalized spacial score (nSPS) is 16.8. The minimum atomic E-state index is -0.426. The van der Waals surface area contributed by atoms with Gasteiger partial charge in [-0.25, -0.2) is 9.69 Å². The van der Waals surface area contributed by atoms with Gasteiger partial charge in [0, 0.05) is 13.1 Å². The smallest absolute Gasteiger partial charge is 0.338 e. The molecule has 0 aromatic heterocycles. The van der Waals surface area contributed by atoms with E-state index in [1.165, 1.54) is 4.90 Å². The van der Waals surface area contributed by atoms with Gasteiger partial charge in [-0.3, -0.25) is 9.59 Å². The number of benzene rings is 2. The molecule has 2 amide bonds. The topological polar surface area (TPSA) is 76.2 Å². The van der Waals surface area contributed by atoms with Gasteiger partial charge in [0.1, 0.15) is 5.70 Å². The van der Waals surface area contributed by atoms with E-state index in [-0.39, 0.29) is 11.8 Å². The molecular weight excluding hydrogens is 396 g/mol. The van der Waals surface area contributed by atoms with Crippen LogP contribution in [-0.2, 0) is 19.1 Å². The summed E-state index contributed by atoms with van der Waals surface area (Å²) < 4.78 is 10.6. The Morgan fingerprint density at radius 1 is 0.968 bits per heavy atom. The molecule has 2 aromatic carbocycles. The second-order valence-electron chi connectivity index (χ2n) is 7.32. The van der Waals surface area contributed by atoms with Crippen LogP contribution in [0.3, 0.4) is 0 Å². The fourth-order valence-corrected chi connectivity index (χ4v) is 3.72. The Morgan fingerprint density at radius 3 is 2.29 bits per heavy atom. The summed E-state index contributed by atoms with van der Waals surface area (Å²) in [6.45, 7) is 4.35. The third-order valence-electron chi connectivity index (χ3n) is 5.25. The summed E-state index contributed by atoms with van der Waals surface area (Å²) in [6, 6.07) is 15.6. The standard InChI is InChI=1S/C24H24N2O5/c1-2-14-31-24(29)18-8-10-19(11-9-18)26-22(27)20(17-6-4-3-5-7-17)21(23(26)28)25-12-15-30-16-13-25/h3-11H,2,12-16H2,1H3. The summed E-state index contributed by atoms with van der Waals surface area (Å²) in [6.07, 6.45) is 0.735. The van der Waals surface area contributed by atoms with Crippen LogP contribution in [0.1, 0.15) is 29.3 Å². The van der Waals surface area contributed by atoms with Gasteiger partial charge in [-0.1, -0.05) is 37.3 Å². The first-order valence-corrected chi connectivity index (χ1v) is 10.4. The Bertz CT molecular complexity index is 1010. The molecule has 1 fully saturated rings. The predicted octanol–water partition coefficient (Wildman–Crippen LogP) is 2.87. The first-order chi connectivity index (χ1) is 15.1. The van der Waals surface area contributed by atoms with Crippen LogP contribution < -0.4 is 4.90 Å². The summed E-state index contributed by atoms with van der Waals surface area (Å²) in [5, 5.41) is 0. The van der Waals surface area contributed by atoms with Crippen LogP contribution in [0.5, 0.6) is 0 Å². The third kappa shape index (κ3) is 4.09. The van der Waals surface area contributed by atoms with Gasteiger partial charge in [0.05, 0.1) is 36.6 Å². The summed E-state index contributed by atoms with van der Waals surface area (Å²) in [5.74, 6) is -1.17. The molecule has 0 atom stereocenters. The van der Waals surface area contributed by atoms with Crippen molar-refractivity contribution in [1.82, 2.24) is 4.90 Å². The molecule has 0 unspecified atom stereocenters. The van der Waals surface area contributed by atoms with E-state index in [4.69, 9.17) is 9.47 Å². The van der Waals surface area contributed by atoms with Crippen LogP contribution >= 0.6 is 0 Å². The molecule has 2 aliphatic heterocycles. The Kier molecular flexibility index (Phi) is 6.13. The van der Waals surface area contributed by atoms with E-state index < -0.39 is 5.97 Å². The lowest BCUT2D eigenvalue weighted by Gasteiger charge is -2.29. The molecule has 0 N–H and O–H groups in total. The molecule has 31 heavy (non-hydrogen) atoms. The number of rotatable bonds is 6. The highest BCUT2D eigenvalue weighted by Crippen LogP contribution is 2.35. The van der Waals surface area contributed by atoms with Gasteiger partial charge in [0.25, 0.3) is 11.8 Å². The lowest BCUT2D eigenvalue weighted by Crippen LogP contribution is -2.40. The SMILES string of the molecule is CCCOC(=O)c1ccc(N2C(=O)C(c3ccccc3)=C(N3CCOCC3)C2=O)cc1. The van der Waals surface area contributed by atoms with Gasteiger partial charge >= 0.3 is 5.97 Å². The third-order valence-corrected chi connectivity index (χ3v) is 5.25. The van der Waals surface area contributed by atoms with Crippen molar-refractivity contribution < 1.29 is 23.9 Å². The van der Waals surface area contributed by atoms with Crippen LogP contribution in [-0.4, -0.2) is 55.6 Å². The van der Waals surface area contributed by atoms with Crippen molar-refractivity contribution in [1.29, 1.82) is 0 Å². The summed E-state index contributed by atoms with van der Waals surface area (Å²) in [5.41, 5.74) is 2.27. The molecule has 0 radical (unpaired) electrons. The molecule has 2 aliphatic rings. The Labute approximate surface area is 180 Å². The van der Waals surface area contributed by atoms with E-state index in [9.17, 15) is 14.4 Å². The molecule has 1 saturated heterocycles. The molecule has 0 aliphatic carbocycles. The highest BCUT2D eigenvalue weighted by atomic mass is 16.5. The van der Waals surface area contributed by atoms with Gasteiger partial charge in [-0.15, -0.1) is 0 Å². The summed E-state index contributed by atoms with van der Waals surface area (Å²) in [4.78, 5) is 42.0. The van der Waals surface area contributed by atoms with E-state index >= 15 is 0 Å². The zero-order chi connectivity index (χ0) is 21.8. The molecule has 2 heterocycles. The number of hydrogen-bond donors (Lipinski definition) is 0. The van der Waals surface area contributed by atoms with Crippen molar-refractivity contribution in [2.75, 3.05) is 37.8 Å². The highest BCUT2D eigenvalue weighted by molar-refractivity contribution is 6.45. The van der Waals surface area contributed by atoms with Crippen LogP contribution in [0.4, 0.5) is 5.69 Å². The Hall–Kier alpha value is -3.45. The van der Waals surface area contributed by atoms with Crippen molar-refractivity contribution in [3.63, 3.8) is 0 Å². The van der Waals surface area contributed by atoms with Crippen LogP contribution in [0.15, 0.2) is 60.3 Å². The number of anilines is 1. The average molecular weight is 420 g/mol. The number of hydrogen-bond acceptors (Lipinski definition) is 6. The molecule has 7 nitrogen and oxygen atoms in total. The second kappa shape index (κ2) is 9.14. The largest absolute Gasteiger partial charge is 0.462 e. The zero-order valence-corrected chi connectivity index (χ0v) is 17.4. The number of morpholine rings is 1.